The number of ether oxygens (including phenoxy) is 4. The number of halogens is 11. The number of esters is 3. The molecule has 6 aromatic carbocycles. The summed E-state index contributed by atoms with van der Waals surface area (Å²) in [6, 6.07) is 21.5. The molecule has 0 bridgehead atoms. The number of carbonyl (C=O) groups is 3. The summed E-state index contributed by atoms with van der Waals surface area (Å²) >= 11 is 0. The molecular formula is C57H45F11O7. The number of alkyl halides is 9. The van der Waals surface area contributed by atoms with E-state index in [9.17, 15) is 53.9 Å². The molecule has 0 fully saturated rings. The molecule has 0 saturated heterocycles. The standard InChI is InChI=1S/C57H45F11O7/c1-4-46(69)72-25-7-10-34-13-19-37(20-14-34)40-28-42(32-44(30-40)55(60,61)62)50-49(39-23-17-36(18-24-39)12-9-27-74-48(71)6-3)51(53(59)54(52(50)58)75-57(66,67)68)43-29-41(31-45(33-43)56(63,64)65)38-21-15-35(16-22-38)11-8-26-73-47(70)5-2/h4-6,13-24,28-33H,1-3,7-12,25-27H2. The molecule has 0 aliphatic heterocycles. The van der Waals surface area contributed by atoms with Crippen LogP contribution < -0.4 is 4.74 Å². The van der Waals surface area contributed by atoms with Crippen molar-refractivity contribution in [3.8, 4) is 61.4 Å². The molecule has 0 aliphatic rings. The predicted octanol–water partition coefficient (Wildman–Crippen LogP) is 15.2. The van der Waals surface area contributed by atoms with Gasteiger partial charge in [-0.05, 0) is 131 Å². The van der Waals surface area contributed by atoms with Crippen LogP contribution in [0.15, 0.2) is 147 Å². The lowest BCUT2D eigenvalue weighted by Crippen LogP contribution is -2.20. The van der Waals surface area contributed by atoms with E-state index in [1.54, 1.807) is 24.3 Å². The average molecular weight is 1050 g/mol. The summed E-state index contributed by atoms with van der Waals surface area (Å²) in [6.07, 6.45) is -11.4. The first kappa shape index (κ1) is 56.3. The number of aryl methyl sites for hydroxylation is 3. The smallest absolute Gasteiger partial charge is 0.463 e. The van der Waals surface area contributed by atoms with E-state index in [4.69, 9.17) is 14.2 Å². The van der Waals surface area contributed by atoms with Crippen LogP contribution in [0, 0.1) is 11.6 Å². The fourth-order valence-electron chi connectivity index (χ4n) is 8.00. The summed E-state index contributed by atoms with van der Waals surface area (Å²) in [6.45, 7) is 9.94. The fraction of sp³-hybridized carbons (Fsp3) is 0.211. The highest BCUT2D eigenvalue weighted by Gasteiger charge is 2.40. The second kappa shape index (κ2) is 24.3. The van der Waals surface area contributed by atoms with E-state index in [1.807, 2.05) is 0 Å². The Bertz CT molecular complexity index is 2890. The molecule has 6 aromatic rings. The van der Waals surface area contributed by atoms with Crippen LogP contribution in [0.3, 0.4) is 0 Å². The molecule has 6 rings (SSSR count). The minimum atomic E-state index is -5.85. The third kappa shape index (κ3) is 15.0. The first-order chi connectivity index (χ1) is 35.5. The van der Waals surface area contributed by atoms with Crippen LogP contribution in [0.2, 0.25) is 0 Å². The summed E-state index contributed by atoms with van der Waals surface area (Å²) in [5.41, 5.74) is -5.96. The Kier molecular flexibility index (Phi) is 18.3. The van der Waals surface area contributed by atoms with E-state index in [-0.39, 0.29) is 60.5 Å². The monoisotopic (exact) mass is 1050 g/mol. The van der Waals surface area contributed by atoms with Gasteiger partial charge < -0.3 is 18.9 Å². The van der Waals surface area contributed by atoms with Gasteiger partial charge in [0.05, 0.1) is 30.9 Å². The number of rotatable bonds is 21. The van der Waals surface area contributed by atoms with Crippen molar-refractivity contribution >= 4 is 17.9 Å². The Labute approximate surface area is 423 Å². The average Bonchev–Trinajstić information content (AvgIpc) is 3.38. The summed E-state index contributed by atoms with van der Waals surface area (Å²) in [7, 11) is 0. The van der Waals surface area contributed by atoms with E-state index >= 15 is 8.78 Å². The molecule has 18 heteroatoms. The molecule has 0 heterocycles. The van der Waals surface area contributed by atoms with Crippen LogP contribution in [-0.4, -0.2) is 44.1 Å². The maximum Gasteiger partial charge on any atom is 0.573 e. The van der Waals surface area contributed by atoms with E-state index in [1.165, 1.54) is 48.5 Å². The summed E-state index contributed by atoms with van der Waals surface area (Å²) in [4.78, 5) is 34.4. The lowest BCUT2D eigenvalue weighted by atomic mass is 9.83. The Morgan fingerprint density at radius 3 is 1.01 bits per heavy atom. The van der Waals surface area contributed by atoms with Gasteiger partial charge in [-0.1, -0.05) is 92.5 Å². The Morgan fingerprint density at radius 2 is 0.720 bits per heavy atom. The third-order valence-electron chi connectivity index (χ3n) is 11.5. The van der Waals surface area contributed by atoms with Crippen LogP contribution in [0.25, 0.3) is 55.6 Å². The molecule has 0 radical (unpaired) electrons. The lowest BCUT2D eigenvalue weighted by Gasteiger charge is -2.24. The van der Waals surface area contributed by atoms with Crippen molar-refractivity contribution < 1.29 is 81.6 Å². The van der Waals surface area contributed by atoms with Crippen molar-refractivity contribution in [2.45, 2.75) is 57.2 Å². The van der Waals surface area contributed by atoms with E-state index in [0.29, 0.717) is 66.6 Å². The molecular weight excluding hydrogens is 1010 g/mol. The normalized spacial score (nSPS) is 11.7. The molecule has 0 atom stereocenters. The van der Waals surface area contributed by atoms with Crippen molar-refractivity contribution in [2.24, 2.45) is 0 Å². The molecule has 0 aliphatic carbocycles. The zero-order chi connectivity index (χ0) is 54.7. The summed E-state index contributed by atoms with van der Waals surface area (Å²) in [5, 5.41) is 0. The molecule has 0 spiro atoms. The van der Waals surface area contributed by atoms with Gasteiger partial charge in [-0.3, -0.25) is 0 Å². The van der Waals surface area contributed by atoms with Crippen molar-refractivity contribution in [3.05, 3.63) is 187 Å². The molecule has 7 nitrogen and oxygen atoms in total. The molecule has 0 N–H and O–H groups in total. The van der Waals surface area contributed by atoms with E-state index in [2.05, 4.69) is 24.5 Å². The van der Waals surface area contributed by atoms with Gasteiger partial charge in [-0.2, -0.15) is 26.3 Å². The van der Waals surface area contributed by atoms with Gasteiger partial charge in [0.1, 0.15) is 0 Å². The van der Waals surface area contributed by atoms with Crippen molar-refractivity contribution in [1.82, 2.24) is 0 Å². The first-order valence-corrected chi connectivity index (χ1v) is 22.9. The molecule has 75 heavy (non-hydrogen) atoms. The Hall–Kier alpha value is -8.02. The maximum atomic E-state index is 17.4. The second-order valence-corrected chi connectivity index (χ2v) is 16.7. The van der Waals surface area contributed by atoms with Crippen LogP contribution in [0.1, 0.15) is 47.1 Å². The highest BCUT2D eigenvalue weighted by atomic mass is 19.4. The number of benzene rings is 6. The van der Waals surface area contributed by atoms with E-state index < -0.39 is 93.0 Å². The van der Waals surface area contributed by atoms with Gasteiger partial charge in [0.2, 0.25) is 5.75 Å². The number of carbonyl (C=O) groups excluding carboxylic acids is 3. The zero-order valence-electron chi connectivity index (χ0n) is 39.6. The molecule has 0 unspecified atom stereocenters. The Balaban J connectivity index is 1.61. The third-order valence-corrected chi connectivity index (χ3v) is 11.5. The predicted molar refractivity (Wildman–Crippen MR) is 259 cm³/mol. The van der Waals surface area contributed by atoms with Crippen LogP contribution in [-0.2, 0) is 60.2 Å². The van der Waals surface area contributed by atoms with Crippen molar-refractivity contribution in [3.63, 3.8) is 0 Å². The Morgan fingerprint density at radius 1 is 0.413 bits per heavy atom. The number of hydrogen-bond acceptors (Lipinski definition) is 7. The quantitative estimate of drug-likeness (QED) is 0.0233. The maximum absolute atomic E-state index is 17.4. The van der Waals surface area contributed by atoms with Crippen molar-refractivity contribution in [1.29, 1.82) is 0 Å². The fourth-order valence-corrected chi connectivity index (χ4v) is 8.00. The second-order valence-electron chi connectivity index (χ2n) is 16.7. The van der Waals surface area contributed by atoms with Gasteiger partial charge in [0.25, 0.3) is 0 Å². The van der Waals surface area contributed by atoms with Gasteiger partial charge >= 0.3 is 36.6 Å². The molecule has 0 aromatic heterocycles. The minimum Gasteiger partial charge on any atom is -0.463 e. The van der Waals surface area contributed by atoms with E-state index in [0.717, 1.165) is 30.4 Å². The van der Waals surface area contributed by atoms with Gasteiger partial charge in [0.15, 0.2) is 11.6 Å². The summed E-state index contributed by atoms with van der Waals surface area (Å²) < 4.78 is 186. The van der Waals surface area contributed by atoms with Gasteiger partial charge in [-0.25, -0.2) is 23.2 Å². The highest BCUT2D eigenvalue weighted by molar-refractivity contribution is 5.98. The summed E-state index contributed by atoms with van der Waals surface area (Å²) in [5.74, 6) is -8.40. The van der Waals surface area contributed by atoms with Crippen LogP contribution in [0.4, 0.5) is 48.3 Å². The van der Waals surface area contributed by atoms with Crippen molar-refractivity contribution in [2.75, 3.05) is 19.8 Å². The zero-order valence-corrected chi connectivity index (χ0v) is 39.6. The molecule has 0 amide bonds. The SMILES string of the molecule is C=CC(=O)OCCCc1ccc(-c2cc(-c3c(F)c(OC(F)(F)F)c(F)c(-c4cc(-c5ccc(CCCOC(=O)C=C)cc5)cc(C(F)(F)F)c4)c3-c3ccc(CCCOC(=O)C=C)cc3)cc(C(F)(F)F)c2)cc1. The molecule has 0 saturated carbocycles. The minimum absolute atomic E-state index is 0.0290. The largest absolute Gasteiger partial charge is 0.573 e. The van der Waals surface area contributed by atoms with Crippen LogP contribution >= 0.6 is 0 Å². The first-order valence-electron chi connectivity index (χ1n) is 22.9. The molecule has 392 valence electrons. The highest BCUT2D eigenvalue weighted by Crippen LogP contribution is 2.51. The van der Waals surface area contributed by atoms with Gasteiger partial charge in [0, 0.05) is 34.9 Å². The van der Waals surface area contributed by atoms with Crippen LogP contribution in [0.5, 0.6) is 5.75 Å². The van der Waals surface area contributed by atoms with Gasteiger partial charge in [-0.15, -0.1) is 13.2 Å². The topological polar surface area (TPSA) is 88.1 Å². The number of hydrogen-bond donors (Lipinski definition) is 0. The lowest BCUT2D eigenvalue weighted by molar-refractivity contribution is -0.276.